The quantitative estimate of drug-likeness (QED) is 0.758. The lowest BCUT2D eigenvalue weighted by molar-refractivity contribution is 0.0935. The summed E-state index contributed by atoms with van der Waals surface area (Å²) in [6.07, 6.45) is 2.43. The van der Waals surface area contributed by atoms with Crippen molar-refractivity contribution in [1.82, 2.24) is 15.3 Å². The first-order chi connectivity index (χ1) is 11.2. The molecule has 0 unspecified atom stereocenters. The van der Waals surface area contributed by atoms with E-state index in [0.29, 0.717) is 5.56 Å². The van der Waals surface area contributed by atoms with Crippen LogP contribution in [0.4, 0.5) is 0 Å². The van der Waals surface area contributed by atoms with Crippen molar-refractivity contribution in [2.24, 2.45) is 0 Å². The number of aromatic amines is 1. The van der Waals surface area contributed by atoms with Crippen LogP contribution in [0.3, 0.4) is 0 Å². The van der Waals surface area contributed by atoms with Gasteiger partial charge in [-0.25, -0.2) is 4.98 Å². The van der Waals surface area contributed by atoms with E-state index in [2.05, 4.69) is 15.3 Å². The van der Waals surface area contributed by atoms with Gasteiger partial charge in [0.15, 0.2) is 0 Å². The van der Waals surface area contributed by atoms with Crippen LogP contribution < -0.4 is 10.1 Å². The maximum Gasteiger partial charge on any atom is 0.251 e. The number of methoxy groups -OCH3 is 1. The number of hydrogen-bond acceptors (Lipinski definition) is 3. The highest BCUT2D eigenvalue weighted by atomic mass is 16.5. The topological polar surface area (TPSA) is 67.0 Å². The molecule has 0 saturated heterocycles. The van der Waals surface area contributed by atoms with Gasteiger partial charge in [0.1, 0.15) is 5.75 Å². The molecule has 1 heterocycles. The Bertz CT molecular complexity index is 809. The normalized spacial score (nSPS) is 12.1. The van der Waals surface area contributed by atoms with Gasteiger partial charge in [0.2, 0.25) is 0 Å². The summed E-state index contributed by atoms with van der Waals surface area (Å²) in [5.74, 6) is 0.712. The van der Waals surface area contributed by atoms with Crippen LogP contribution in [0.25, 0.3) is 11.0 Å². The van der Waals surface area contributed by atoms with Crippen molar-refractivity contribution in [1.29, 1.82) is 0 Å². The van der Waals surface area contributed by atoms with E-state index in [4.69, 9.17) is 4.74 Å². The van der Waals surface area contributed by atoms with Gasteiger partial charge in [0.05, 0.1) is 30.5 Å². The van der Waals surface area contributed by atoms with Gasteiger partial charge in [0, 0.05) is 5.56 Å². The van der Waals surface area contributed by atoms with Crippen molar-refractivity contribution < 1.29 is 9.53 Å². The maximum absolute atomic E-state index is 12.5. The second kappa shape index (κ2) is 6.52. The Labute approximate surface area is 134 Å². The molecule has 5 heteroatoms. The highest BCUT2D eigenvalue weighted by molar-refractivity contribution is 5.97. The fourth-order valence-corrected chi connectivity index (χ4v) is 2.58. The lowest BCUT2D eigenvalue weighted by Crippen LogP contribution is -2.28. The first-order valence-corrected chi connectivity index (χ1v) is 7.59. The SMILES string of the molecule is CC[C@@H](NC(=O)c1ccc2nc[nH]c2c1)c1ccc(OC)cc1. The van der Waals surface area contributed by atoms with Crippen LogP contribution >= 0.6 is 0 Å². The van der Waals surface area contributed by atoms with Gasteiger partial charge < -0.3 is 15.0 Å². The molecular weight excluding hydrogens is 290 g/mol. The van der Waals surface area contributed by atoms with Crippen molar-refractivity contribution in [3.63, 3.8) is 0 Å². The lowest BCUT2D eigenvalue weighted by Gasteiger charge is -2.18. The number of benzene rings is 2. The van der Waals surface area contributed by atoms with Gasteiger partial charge in [0.25, 0.3) is 5.91 Å². The van der Waals surface area contributed by atoms with Crippen LogP contribution in [0.2, 0.25) is 0 Å². The Balaban J connectivity index is 1.78. The van der Waals surface area contributed by atoms with Crippen LogP contribution in [-0.4, -0.2) is 23.0 Å². The zero-order valence-electron chi connectivity index (χ0n) is 13.2. The number of imidazole rings is 1. The molecular formula is C18H19N3O2. The van der Waals surface area contributed by atoms with Crippen LogP contribution in [-0.2, 0) is 0 Å². The van der Waals surface area contributed by atoms with Crippen molar-refractivity contribution in [3.05, 3.63) is 59.9 Å². The summed E-state index contributed by atoms with van der Waals surface area (Å²) < 4.78 is 5.17. The number of nitrogens with one attached hydrogen (secondary N) is 2. The minimum absolute atomic E-state index is 0.0362. The lowest BCUT2D eigenvalue weighted by atomic mass is 10.0. The van der Waals surface area contributed by atoms with Crippen molar-refractivity contribution >= 4 is 16.9 Å². The average molecular weight is 309 g/mol. The van der Waals surface area contributed by atoms with Crippen LogP contribution in [0.1, 0.15) is 35.3 Å². The van der Waals surface area contributed by atoms with E-state index in [1.54, 1.807) is 19.5 Å². The third-order valence-corrected chi connectivity index (χ3v) is 3.91. The first-order valence-electron chi connectivity index (χ1n) is 7.59. The van der Waals surface area contributed by atoms with E-state index in [-0.39, 0.29) is 11.9 Å². The minimum atomic E-state index is -0.0934. The van der Waals surface area contributed by atoms with Crippen molar-refractivity contribution in [2.75, 3.05) is 7.11 Å². The number of carbonyl (C=O) groups is 1. The van der Waals surface area contributed by atoms with Gasteiger partial charge in [-0.05, 0) is 42.3 Å². The third-order valence-electron chi connectivity index (χ3n) is 3.91. The van der Waals surface area contributed by atoms with E-state index >= 15 is 0 Å². The fraction of sp³-hybridized carbons (Fsp3) is 0.222. The number of rotatable bonds is 5. The van der Waals surface area contributed by atoms with E-state index < -0.39 is 0 Å². The summed E-state index contributed by atoms with van der Waals surface area (Å²) in [7, 11) is 1.64. The predicted molar refractivity (Wildman–Crippen MR) is 89.6 cm³/mol. The number of fused-ring (bicyclic) bond motifs is 1. The smallest absolute Gasteiger partial charge is 0.251 e. The Morgan fingerprint density at radius 2 is 2.04 bits per heavy atom. The number of hydrogen-bond donors (Lipinski definition) is 2. The predicted octanol–water partition coefficient (Wildman–Crippen LogP) is 3.45. The molecule has 3 rings (SSSR count). The number of nitrogens with zero attached hydrogens (tertiary/aromatic N) is 1. The van der Waals surface area contributed by atoms with E-state index in [1.165, 1.54) is 0 Å². The second-order valence-corrected chi connectivity index (χ2v) is 5.34. The number of H-pyrrole nitrogens is 1. The first kappa shape index (κ1) is 15.1. The number of aromatic nitrogens is 2. The molecule has 5 nitrogen and oxygen atoms in total. The van der Waals surface area contributed by atoms with Gasteiger partial charge in [-0.1, -0.05) is 19.1 Å². The number of ether oxygens (including phenoxy) is 1. The molecule has 0 spiro atoms. The maximum atomic E-state index is 12.5. The summed E-state index contributed by atoms with van der Waals surface area (Å²) in [6, 6.07) is 13.2. The molecule has 2 N–H and O–H groups in total. The summed E-state index contributed by atoms with van der Waals surface area (Å²) in [4.78, 5) is 19.7. The van der Waals surface area contributed by atoms with E-state index in [0.717, 1.165) is 28.8 Å². The molecule has 0 aliphatic carbocycles. The Hall–Kier alpha value is -2.82. The molecule has 0 fully saturated rings. The van der Waals surface area contributed by atoms with E-state index in [1.807, 2.05) is 43.3 Å². The monoisotopic (exact) mass is 309 g/mol. The summed E-state index contributed by atoms with van der Waals surface area (Å²) >= 11 is 0. The molecule has 3 aromatic rings. The van der Waals surface area contributed by atoms with Crippen LogP contribution in [0, 0.1) is 0 Å². The molecule has 0 aliphatic rings. The molecule has 2 aromatic carbocycles. The number of carbonyl (C=O) groups excluding carboxylic acids is 1. The zero-order chi connectivity index (χ0) is 16.2. The van der Waals surface area contributed by atoms with Gasteiger partial charge in [-0.15, -0.1) is 0 Å². The molecule has 118 valence electrons. The van der Waals surface area contributed by atoms with Gasteiger partial charge >= 0.3 is 0 Å². The van der Waals surface area contributed by atoms with Crippen molar-refractivity contribution in [3.8, 4) is 5.75 Å². The molecule has 0 aliphatic heterocycles. The standard InChI is InChI=1S/C18H19N3O2/c1-3-15(12-4-7-14(23-2)8-5-12)21-18(22)13-6-9-16-17(10-13)20-11-19-16/h4-11,15H,3H2,1-2H3,(H,19,20)(H,21,22)/t15-/m1/s1. The Morgan fingerprint density at radius 3 is 2.74 bits per heavy atom. The summed E-state index contributed by atoms with van der Waals surface area (Å²) in [6.45, 7) is 2.05. The highest BCUT2D eigenvalue weighted by Crippen LogP contribution is 2.21. The van der Waals surface area contributed by atoms with Crippen LogP contribution in [0.5, 0.6) is 5.75 Å². The molecule has 1 atom stereocenters. The van der Waals surface area contributed by atoms with Crippen molar-refractivity contribution in [2.45, 2.75) is 19.4 Å². The van der Waals surface area contributed by atoms with Gasteiger partial charge in [-0.2, -0.15) is 0 Å². The highest BCUT2D eigenvalue weighted by Gasteiger charge is 2.15. The average Bonchev–Trinajstić information content (AvgIpc) is 3.07. The fourth-order valence-electron chi connectivity index (χ4n) is 2.58. The largest absolute Gasteiger partial charge is 0.497 e. The number of amides is 1. The summed E-state index contributed by atoms with van der Waals surface area (Å²) in [5.41, 5.74) is 3.39. The molecule has 1 aromatic heterocycles. The second-order valence-electron chi connectivity index (χ2n) is 5.34. The molecule has 23 heavy (non-hydrogen) atoms. The molecule has 0 saturated carbocycles. The summed E-state index contributed by atoms with van der Waals surface area (Å²) in [5, 5.41) is 3.08. The minimum Gasteiger partial charge on any atom is -0.497 e. The van der Waals surface area contributed by atoms with E-state index in [9.17, 15) is 4.79 Å². The Morgan fingerprint density at radius 1 is 1.26 bits per heavy atom. The molecule has 0 bridgehead atoms. The van der Waals surface area contributed by atoms with Crippen LogP contribution in [0.15, 0.2) is 48.8 Å². The molecule has 1 amide bonds. The third kappa shape index (κ3) is 3.18. The van der Waals surface area contributed by atoms with Gasteiger partial charge in [-0.3, -0.25) is 4.79 Å². The Kier molecular flexibility index (Phi) is 4.28. The zero-order valence-corrected chi connectivity index (χ0v) is 13.2. The molecule has 0 radical (unpaired) electrons.